The number of unbranched alkanes of at least 4 members (excludes halogenated alkanes) is 3. The predicted molar refractivity (Wildman–Crippen MR) is 73.4 cm³/mol. The molecule has 2 rings (SSSR count). The molecule has 0 saturated carbocycles. The molecule has 2 heterocycles. The molecule has 0 fully saturated rings. The zero-order valence-corrected chi connectivity index (χ0v) is 11.6. The SMILES string of the molecule is CCCCCCC(C)(C)n1cnc2cncnc21. The number of hydrogen-bond acceptors (Lipinski definition) is 3. The van der Waals surface area contributed by atoms with Crippen LogP contribution in [0, 0.1) is 0 Å². The molecular formula is C14H22N4. The van der Waals surface area contributed by atoms with Crippen molar-refractivity contribution >= 4 is 11.2 Å². The number of fused-ring (bicyclic) bond motifs is 1. The lowest BCUT2D eigenvalue weighted by Crippen LogP contribution is -2.25. The van der Waals surface area contributed by atoms with E-state index in [1.54, 1.807) is 12.5 Å². The maximum atomic E-state index is 4.37. The van der Waals surface area contributed by atoms with Crippen molar-refractivity contribution in [1.29, 1.82) is 0 Å². The third-order valence-electron chi connectivity index (χ3n) is 3.51. The topological polar surface area (TPSA) is 43.6 Å². The molecule has 2 aromatic heterocycles. The highest BCUT2D eigenvalue weighted by atomic mass is 15.2. The number of aromatic nitrogens is 4. The van der Waals surface area contributed by atoms with Crippen molar-refractivity contribution in [1.82, 2.24) is 19.5 Å². The Balaban J connectivity index is 2.13. The molecule has 4 heteroatoms. The van der Waals surface area contributed by atoms with Crippen LogP contribution in [0.15, 0.2) is 18.9 Å². The minimum Gasteiger partial charge on any atom is -0.310 e. The van der Waals surface area contributed by atoms with E-state index in [-0.39, 0.29) is 5.54 Å². The highest BCUT2D eigenvalue weighted by molar-refractivity contribution is 5.69. The third-order valence-corrected chi connectivity index (χ3v) is 3.51. The molecular weight excluding hydrogens is 224 g/mol. The summed E-state index contributed by atoms with van der Waals surface area (Å²) in [7, 11) is 0. The maximum Gasteiger partial charge on any atom is 0.163 e. The van der Waals surface area contributed by atoms with E-state index in [0.717, 1.165) is 17.6 Å². The van der Waals surface area contributed by atoms with Crippen LogP contribution in [0.25, 0.3) is 11.2 Å². The molecule has 0 aromatic carbocycles. The van der Waals surface area contributed by atoms with Crippen molar-refractivity contribution in [2.75, 3.05) is 0 Å². The summed E-state index contributed by atoms with van der Waals surface area (Å²) >= 11 is 0. The molecule has 18 heavy (non-hydrogen) atoms. The largest absolute Gasteiger partial charge is 0.310 e. The first kappa shape index (κ1) is 13.0. The summed E-state index contributed by atoms with van der Waals surface area (Å²) < 4.78 is 2.18. The van der Waals surface area contributed by atoms with Gasteiger partial charge in [-0.25, -0.2) is 15.0 Å². The molecule has 0 aliphatic rings. The van der Waals surface area contributed by atoms with Gasteiger partial charge in [-0.15, -0.1) is 0 Å². The van der Waals surface area contributed by atoms with Crippen LogP contribution < -0.4 is 0 Å². The monoisotopic (exact) mass is 246 g/mol. The molecule has 0 aliphatic heterocycles. The second kappa shape index (κ2) is 5.46. The van der Waals surface area contributed by atoms with Crippen LogP contribution in [-0.4, -0.2) is 19.5 Å². The lowest BCUT2D eigenvalue weighted by Gasteiger charge is -2.26. The molecule has 0 radical (unpaired) electrons. The van der Waals surface area contributed by atoms with Crippen molar-refractivity contribution in [3.63, 3.8) is 0 Å². The first-order chi connectivity index (χ1) is 8.65. The standard InChI is InChI=1S/C14H22N4/c1-4-5-6-7-8-14(2,3)18-11-17-12-9-15-10-16-13(12)18/h9-11H,4-8H2,1-3H3. The summed E-state index contributed by atoms with van der Waals surface area (Å²) in [6, 6.07) is 0. The first-order valence-corrected chi connectivity index (χ1v) is 6.78. The average Bonchev–Trinajstić information content (AvgIpc) is 2.79. The van der Waals surface area contributed by atoms with Gasteiger partial charge in [0.15, 0.2) is 5.65 Å². The van der Waals surface area contributed by atoms with E-state index >= 15 is 0 Å². The van der Waals surface area contributed by atoms with Gasteiger partial charge in [0, 0.05) is 5.54 Å². The van der Waals surface area contributed by atoms with Gasteiger partial charge >= 0.3 is 0 Å². The Morgan fingerprint density at radius 3 is 2.78 bits per heavy atom. The van der Waals surface area contributed by atoms with E-state index in [9.17, 15) is 0 Å². The van der Waals surface area contributed by atoms with Crippen LogP contribution >= 0.6 is 0 Å². The lowest BCUT2D eigenvalue weighted by molar-refractivity contribution is 0.320. The van der Waals surface area contributed by atoms with Gasteiger partial charge in [0.1, 0.15) is 11.8 Å². The molecule has 98 valence electrons. The summed E-state index contributed by atoms with van der Waals surface area (Å²) in [4.78, 5) is 12.7. The van der Waals surface area contributed by atoms with Crippen LogP contribution in [0.2, 0.25) is 0 Å². The van der Waals surface area contributed by atoms with Crippen LogP contribution in [0.4, 0.5) is 0 Å². The number of imidazole rings is 1. The summed E-state index contributed by atoms with van der Waals surface area (Å²) in [5.74, 6) is 0. The molecule has 0 unspecified atom stereocenters. The lowest BCUT2D eigenvalue weighted by atomic mass is 9.96. The Kier molecular flexibility index (Phi) is 3.94. The fourth-order valence-corrected chi connectivity index (χ4v) is 2.31. The van der Waals surface area contributed by atoms with Gasteiger partial charge in [0.05, 0.1) is 12.5 Å². The Hall–Kier alpha value is -1.45. The Labute approximate surface area is 108 Å². The molecule has 0 bridgehead atoms. The van der Waals surface area contributed by atoms with Gasteiger partial charge in [-0.2, -0.15) is 0 Å². The van der Waals surface area contributed by atoms with Gasteiger partial charge in [0.25, 0.3) is 0 Å². The van der Waals surface area contributed by atoms with Crippen molar-refractivity contribution in [2.24, 2.45) is 0 Å². The van der Waals surface area contributed by atoms with Gasteiger partial charge in [0.2, 0.25) is 0 Å². The molecule has 0 saturated heterocycles. The summed E-state index contributed by atoms with van der Waals surface area (Å²) in [6.45, 7) is 6.75. The Morgan fingerprint density at radius 2 is 2.00 bits per heavy atom. The molecule has 0 spiro atoms. The maximum absolute atomic E-state index is 4.37. The molecule has 0 aliphatic carbocycles. The van der Waals surface area contributed by atoms with E-state index in [0.29, 0.717) is 0 Å². The Bertz CT molecular complexity index is 501. The van der Waals surface area contributed by atoms with Crippen LogP contribution in [0.3, 0.4) is 0 Å². The van der Waals surface area contributed by atoms with Crippen molar-refractivity contribution in [3.05, 3.63) is 18.9 Å². The summed E-state index contributed by atoms with van der Waals surface area (Å²) in [5, 5.41) is 0. The van der Waals surface area contributed by atoms with Gasteiger partial charge < -0.3 is 4.57 Å². The normalized spacial score (nSPS) is 12.2. The van der Waals surface area contributed by atoms with Gasteiger partial charge in [-0.3, -0.25) is 0 Å². The van der Waals surface area contributed by atoms with Gasteiger partial charge in [-0.05, 0) is 20.3 Å². The predicted octanol–water partition coefficient (Wildman–Crippen LogP) is 3.53. The average molecular weight is 246 g/mol. The van der Waals surface area contributed by atoms with Crippen LogP contribution in [0.5, 0.6) is 0 Å². The third kappa shape index (κ3) is 2.68. The minimum absolute atomic E-state index is 0.0663. The van der Waals surface area contributed by atoms with Crippen molar-refractivity contribution < 1.29 is 0 Å². The molecule has 0 amide bonds. The smallest absolute Gasteiger partial charge is 0.163 e. The Morgan fingerprint density at radius 1 is 1.17 bits per heavy atom. The first-order valence-electron chi connectivity index (χ1n) is 6.78. The molecule has 0 N–H and O–H groups in total. The number of rotatable bonds is 6. The van der Waals surface area contributed by atoms with E-state index < -0.39 is 0 Å². The summed E-state index contributed by atoms with van der Waals surface area (Å²) in [6.07, 6.45) is 11.6. The summed E-state index contributed by atoms with van der Waals surface area (Å²) in [5.41, 5.74) is 1.88. The van der Waals surface area contributed by atoms with Crippen molar-refractivity contribution in [2.45, 2.75) is 58.4 Å². The van der Waals surface area contributed by atoms with E-state index in [1.165, 1.54) is 25.7 Å². The fourth-order valence-electron chi connectivity index (χ4n) is 2.31. The van der Waals surface area contributed by atoms with Crippen LogP contribution in [0.1, 0.15) is 52.9 Å². The number of hydrogen-bond donors (Lipinski definition) is 0. The fraction of sp³-hybridized carbons (Fsp3) is 0.643. The zero-order valence-electron chi connectivity index (χ0n) is 11.6. The molecule has 0 atom stereocenters. The zero-order chi connectivity index (χ0) is 13.0. The van der Waals surface area contributed by atoms with Crippen molar-refractivity contribution in [3.8, 4) is 0 Å². The van der Waals surface area contributed by atoms with E-state index in [1.807, 2.05) is 6.33 Å². The second-order valence-corrected chi connectivity index (χ2v) is 5.47. The highest BCUT2D eigenvalue weighted by Gasteiger charge is 2.22. The number of nitrogens with zero attached hydrogens (tertiary/aromatic N) is 4. The quantitative estimate of drug-likeness (QED) is 0.732. The second-order valence-electron chi connectivity index (χ2n) is 5.47. The van der Waals surface area contributed by atoms with E-state index in [2.05, 4.69) is 40.3 Å². The van der Waals surface area contributed by atoms with Crippen LogP contribution in [-0.2, 0) is 5.54 Å². The van der Waals surface area contributed by atoms with Gasteiger partial charge in [-0.1, -0.05) is 32.6 Å². The highest BCUT2D eigenvalue weighted by Crippen LogP contribution is 2.26. The minimum atomic E-state index is 0.0663. The molecule has 4 nitrogen and oxygen atoms in total. The molecule has 2 aromatic rings. The van der Waals surface area contributed by atoms with E-state index in [4.69, 9.17) is 0 Å².